The maximum absolute atomic E-state index is 13.8. The maximum atomic E-state index is 13.8. The van der Waals surface area contributed by atoms with Crippen molar-refractivity contribution in [1.82, 2.24) is 5.32 Å². The Labute approximate surface area is 517 Å². The summed E-state index contributed by atoms with van der Waals surface area (Å²) < 4.78 is 58.0. The summed E-state index contributed by atoms with van der Waals surface area (Å²) in [5.41, 5.74) is 0. The molecule has 1 aliphatic heterocycles. The summed E-state index contributed by atoms with van der Waals surface area (Å²) >= 11 is 0. The molecule has 1 heterocycles. The number of aliphatic hydroxyl groups excluding tert-OH is 13. The Kier molecular flexibility index (Phi) is 41.2. The van der Waals surface area contributed by atoms with Crippen molar-refractivity contribution in [3.8, 4) is 0 Å². The Bertz CT molecular complexity index is 1850. The highest BCUT2D eigenvalue weighted by Crippen LogP contribution is 2.49. The van der Waals surface area contributed by atoms with E-state index in [9.17, 15) is 90.1 Å². The number of nitrogens with one attached hydrogen (secondary N) is 1. The minimum atomic E-state index is -5.51. The monoisotopic (exact) mass is 1300 g/mol. The van der Waals surface area contributed by atoms with Crippen LogP contribution >= 0.6 is 15.6 Å². The topological polar surface area (TPSA) is 422 Å². The number of carbonyl (C=O) groups excluding carboxylic acids is 1. The fraction of sp³-hybridized carbons (Fsp3) is 0.983. The number of hydrogen-bond donors (Lipinski definition) is 16. The molecule has 3 rings (SSSR count). The van der Waals surface area contributed by atoms with E-state index in [2.05, 4.69) is 19.2 Å². The van der Waals surface area contributed by atoms with Gasteiger partial charge in [0.2, 0.25) is 5.91 Å². The van der Waals surface area contributed by atoms with Crippen LogP contribution in [-0.2, 0) is 41.5 Å². The fourth-order valence-corrected chi connectivity index (χ4v) is 13.5. The van der Waals surface area contributed by atoms with E-state index in [0.717, 1.165) is 57.8 Å². The summed E-state index contributed by atoms with van der Waals surface area (Å²) in [5.74, 6) is -0.436. The third-order valence-corrected chi connectivity index (χ3v) is 19.3. The molecule has 516 valence electrons. The van der Waals surface area contributed by atoms with Crippen molar-refractivity contribution in [2.45, 2.75) is 361 Å². The van der Waals surface area contributed by atoms with Gasteiger partial charge in [0.1, 0.15) is 97.7 Å². The molecule has 16 N–H and O–H groups in total. The SMILES string of the molecule is CCCCCCCCCCCCCCCCCCCCCCCC(=O)NC(COP(=O)(O)OC1C(O)C(O)C(O)C(O)C1OC1OC(COP(=O)(O)OC2C(O)C(O)C(O)C(O)C2O)C(O)C(O)C1O)C(O)CCCCCCCCCCCCCCC. The molecule has 0 radical (unpaired) electrons. The van der Waals surface area contributed by atoms with Crippen LogP contribution in [0.15, 0.2) is 0 Å². The van der Waals surface area contributed by atoms with Crippen molar-refractivity contribution in [3.63, 3.8) is 0 Å². The first kappa shape index (κ1) is 80.3. The van der Waals surface area contributed by atoms with Crippen LogP contribution in [0.2, 0.25) is 0 Å². The van der Waals surface area contributed by atoms with E-state index in [1.165, 1.54) is 148 Å². The molecule has 19 atom stereocenters. The lowest BCUT2D eigenvalue weighted by molar-refractivity contribution is -0.337. The summed E-state index contributed by atoms with van der Waals surface area (Å²) in [7, 11) is -11.0. The fourth-order valence-electron chi connectivity index (χ4n) is 11.6. The van der Waals surface area contributed by atoms with Crippen LogP contribution in [0.3, 0.4) is 0 Å². The second-order valence-corrected chi connectivity index (χ2v) is 27.6. The van der Waals surface area contributed by atoms with Gasteiger partial charge < -0.3 is 91.0 Å². The average molecular weight is 1300 g/mol. The van der Waals surface area contributed by atoms with Crippen molar-refractivity contribution < 1.29 is 118 Å². The molecule has 1 amide bonds. The molecule has 0 aromatic rings. The van der Waals surface area contributed by atoms with Crippen molar-refractivity contribution in [2.24, 2.45) is 0 Å². The van der Waals surface area contributed by atoms with Gasteiger partial charge in [-0.15, -0.1) is 0 Å². The predicted molar refractivity (Wildman–Crippen MR) is 322 cm³/mol. The zero-order valence-corrected chi connectivity index (χ0v) is 53.9. The first-order valence-corrected chi connectivity index (χ1v) is 36.2. The summed E-state index contributed by atoms with van der Waals surface area (Å²) in [6.45, 7) is 2.41. The van der Waals surface area contributed by atoms with E-state index < -0.39 is 151 Å². The molecule has 19 unspecified atom stereocenters. The predicted octanol–water partition coefficient (Wildman–Crippen LogP) is 5.39. The number of carbonyl (C=O) groups is 1. The molecule has 0 aromatic carbocycles. The molecule has 2 saturated carbocycles. The van der Waals surface area contributed by atoms with Crippen LogP contribution in [0.4, 0.5) is 0 Å². The van der Waals surface area contributed by atoms with Crippen LogP contribution < -0.4 is 5.32 Å². The third-order valence-electron chi connectivity index (χ3n) is 17.3. The second kappa shape index (κ2) is 44.6. The lowest BCUT2D eigenvalue weighted by atomic mass is 9.84. The molecule has 3 fully saturated rings. The Balaban J connectivity index is 1.56. The van der Waals surface area contributed by atoms with Gasteiger partial charge in [0.15, 0.2) is 6.29 Å². The van der Waals surface area contributed by atoms with Gasteiger partial charge in [0.05, 0.1) is 25.4 Å². The van der Waals surface area contributed by atoms with Crippen molar-refractivity contribution in [2.75, 3.05) is 13.2 Å². The highest BCUT2D eigenvalue weighted by atomic mass is 31.2. The summed E-state index contributed by atoms with van der Waals surface area (Å²) in [5, 5.41) is 140. The van der Waals surface area contributed by atoms with Gasteiger partial charge in [0, 0.05) is 6.42 Å². The van der Waals surface area contributed by atoms with Crippen LogP contribution in [-0.4, -0.2) is 211 Å². The Morgan fingerprint density at radius 3 is 1.15 bits per heavy atom. The molecule has 27 heteroatoms. The summed E-state index contributed by atoms with van der Waals surface area (Å²) in [4.78, 5) is 34.9. The average Bonchev–Trinajstić information content (AvgIpc) is 1.24. The molecule has 1 saturated heterocycles. The maximum Gasteiger partial charge on any atom is 0.472 e. The minimum absolute atomic E-state index is 0.108. The van der Waals surface area contributed by atoms with Crippen LogP contribution in [0.1, 0.15) is 245 Å². The lowest BCUT2D eigenvalue weighted by Gasteiger charge is -2.47. The van der Waals surface area contributed by atoms with E-state index in [1.54, 1.807) is 0 Å². The zero-order chi connectivity index (χ0) is 64.4. The lowest BCUT2D eigenvalue weighted by Crippen LogP contribution is -2.67. The quantitative estimate of drug-likeness (QED) is 0.0268. The minimum Gasteiger partial charge on any atom is -0.391 e. The second-order valence-electron chi connectivity index (χ2n) is 24.8. The zero-order valence-electron chi connectivity index (χ0n) is 52.1. The number of phosphoric acid groups is 2. The molecule has 0 bridgehead atoms. The number of aliphatic hydroxyl groups is 13. The standard InChI is InChI=1S/C60H117NO24P2/c1-3-5-7-9-11-13-15-17-18-19-20-21-22-23-24-26-28-30-32-34-36-38-44(63)61-41(42(62)37-35-33-31-29-27-25-16-14-12-10-8-6-4-2)39-80-86(76,77)85-59-55(74)51(70)50(69)54(73)58(59)83-60-56(75)46(65)45(64)43(82-60)40-81-87(78,79)84-57-52(71)48(67)47(66)49(68)53(57)72/h41-43,45-60,62,64-75H,3-40H2,1-2H3,(H,61,63)(H,76,77)(H,78,79). The number of amides is 1. The highest BCUT2D eigenvalue weighted by Gasteiger charge is 2.56. The smallest absolute Gasteiger partial charge is 0.391 e. The molecular formula is C60H117NO24P2. The summed E-state index contributed by atoms with van der Waals surface area (Å²) in [6.07, 6.45) is 1.00. The van der Waals surface area contributed by atoms with Gasteiger partial charge in [-0.25, -0.2) is 9.13 Å². The molecule has 3 aliphatic rings. The molecule has 0 aromatic heterocycles. The van der Waals surface area contributed by atoms with Gasteiger partial charge in [-0.2, -0.15) is 0 Å². The molecule has 0 spiro atoms. The van der Waals surface area contributed by atoms with Crippen molar-refractivity contribution in [1.29, 1.82) is 0 Å². The van der Waals surface area contributed by atoms with Gasteiger partial charge >= 0.3 is 15.6 Å². The highest BCUT2D eigenvalue weighted by molar-refractivity contribution is 7.47. The first-order valence-electron chi connectivity index (χ1n) is 33.2. The first-order chi connectivity index (χ1) is 41.5. The van der Waals surface area contributed by atoms with E-state index in [0.29, 0.717) is 12.8 Å². The van der Waals surface area contributed by atoms with E-state index in [4.69, 9.17) is 27.6 Å². The molecule has 25 nitrogen and oxygen atoms in total. The molecule has 87 heavy (non-hydrogen) atoms. The van der Waals surface area contributed by atoms with Crippen LogP contribution in [0.25, 0.3) is 0 Å². The number of phosphoric ester groups is 2. The number of hydrogen-bond acceptors (Lipinski definition) is 22. The van der Waals surface area contributed by atoms with Crippen LogP contribution in [0, 0.1) is 0 Å². The third kappa shape index (κ3) is 30.4. The largest absolute Gasteiger partial charge is 0.472 e. The van der Waals surface area contributed by atoms with Crippen molar-refractivity contribution in [3.05, 3.63) is 0 Å². The number of unbranched alkanes of at least 4 members (excludes halogenated alkanes) is 32. The Morgan fingerprint density at radius 1 is 0.414 bits per heavy atom. The normalized spacial score (nSPS) is 31.7. The summed E-state index contributed by atoms with van der Waals surface area (Å²) in [6, 6.07) is -1.24. The Morgan fingerprint density at radius 2 is 0.736 bits per heavy atom. The van der Waals surface area contributed by atoms with E-state index >= 15 is 0 Å². The van der Waals surface area contributed by atoms with Crippen molar-refractivity contribution >= 4 is 21.6 Å². The number of ether oxygens (including phenoxy) is 2. The Hall–Kier alpha value is -0.910. The molecule has 2 aliphatic carbocycles. The molecular weight excluding hydrogens is 1180 g/mol. The van der Waals surface area contributed by atoms with Gasteiger partial charge in [-0.3, -0.25) is 22.9 Å². The van der Waals surface area contributed by atoms with Gasteiger partial charge in [-0.1, -0.05) is 226 Å². The van der Waals surface area contributed by atoms with Crippen LogP contribution in [0.5, 0.6) is 0 Å². The van der Waals surface area contributed by atoms with Gasteiger partial charge in [-0.05, 0) is 12.8 Å². The van der Waals surface area contributed by atoms with Gasteiger partial charge in [0.25, 0.3) is 0 Å². The van der Waals surface area contributed by atoms with E-state index in [-0.39, 0.29) is 12.8 Å². The van der Waals surface area contributed by atoms with E-state index in [1.807, 2.05) is 0 Å². The number of rotatable bonds is 50.